The van der Waals surface area contributed by atoms with Crippen LogP contribution in [0.4, 0.5) is 0 Å². The Hall–Kier alpha value is -1.86. The number of ether oxygens (including phenoxy) is 1. The Labute approximate surface area is 180 Å². The molecular weight excluding hydrogens is 406 g/mol. The van der Waals surface area contributed by atoms with Crippen molar-refractivity contribution in [1.82, 2.24) is 9.47 Å². The van der Waals surface area contributed by atoms with Gasteiger partial charge in [-0.3, -0.25) is 9.69 Å². The number of carbonyl (C=O) groups excluding carboxylic acids is 1. The van der Waals surface area contributed by atoms with Gasteiger partial charge in [0.1, 0.15) is 0 Å². The lowest BCUT2D eigenvalue weighted by Crippen LogP contribution is -2.37. The second-order valence-corrected chi connectivity index (χ2v) is 9.04. The minimum atomic E-state index is -0.377. The highest BCUT2D eigenvalue weighted by Gasteiger charge is 2.21. The van der Waals surface area contributed by atoms with Crippen LogP contribution in [-0.2, 0) is 11.3 Å². The molecule has 0 aliphatic carbocycles. The van der Waals surface area contributed by atoms with Crippen molar-refractivity contribution in [1.29, 1.82) is 0 Å². The van der Waals surface area contributed by atoms with E-state index in [4.69, 9.17) is 22.1 Å². The summed E-state index contributed by atoms with van der Waals surface area (Å²) in [4.78, 5) is 15.6. The first-order valence-corrected chi connectivity index (χ1v) is 11.1. The lowest BCUT2D eigenvalue weighted by molar-refractivity contribution is 0.0369. The molecule has 0 bridgehead atoms. The van der Waals surface area contributed by atoms with Crippen molar-refractivity contribution in [3.05, 3.63) is 46.1 Å². The first-order valence-electron chi connectivity index (χ1n) is 9.94. The Kier molecular flexibility index (Phi) is 5.97. The smallest absolute Gasteiger partial charge is 0.250 e. The molecule has 1 saturated heterocycles. The maximum Gasteiger partial charge on any atom is 0.250 e. The number of carbonyl (C=O) groups is 1. The first-order chi connectivity index (χ1) is 14.0. The van der Waals surface area contributed by atoms with Crippen molar-refractivity contribution >= 4 is 38.9 Å². The largest absolute Gasteiger partial charge is 0.379 e. The van der Waals surface area contributed by atoms with Crippen molar-refractivity contribution in [3.63, 3.8) is 0 Å². The van der Waals surface area contributed by atoms with Crippen LogP contribution in [0.5, 0.6) is 0 Å². The molecule has 3 aromatic rings. The van der Waals surface area contributed by atoms with Crippen LogP contribution < -0.4 is 5.73 Å². The monoisotopic (exact) mass is 431 g/mol. The zero-order chi connectivity index (χ0) is 20.5. The van der Waals surface area contributed by atoms with Crippen LogP contribution in [0.25, 0.3) is 20.7 Å². The van der Waals surface area contributed by atoms with Gasteiger partial charge in [-0.05, 0) is 55.5 Å². The molecule has 0 unspecified atom stereocenters. The van der Waals surface area contributed by atoms with Gasteiger partial charge in [0.25, 0.3) is 5.91 Å². The molecule has 0 atom stereocenters. The maximum absolute atomic E-state index is 12.0. The molecule has 0 radical (unpaired) electrons. The summed E-state index contributed by atoms with van der Waals surface area (Å²) in [5.74, 6) is -0.377. The number of aromatic nitrogens is 1. The SMILES string of the molecule is Cc1c(-c2cc(C(N)=O)c(C)n2CCCN2CCOCC2)sc2ccc(Cl)cc12. The van der Waals surface area contributed by atoms with Crippen molar-refractivity contribution in [3.8, 4) is 10.6 Å². The summed E-state index contributed by atoms with van der Waals surface area (Å²) in [6.45, 7) is 9.56. The number of hydrogen-bond donors (Lipinski definition) is 1. The number of thiophene rings is 1. The Morgan fingerprint density at radius 2 is 1.97 bits per heavy atom. The van der Waals surface area contributed by atoms with Gasteiger partial charge in [-0.15, -0.1) is 11.3 Å². The highest BCUT2D eigenvalue weighted by atomic mass is 35.5. The van der Waals surface area contributed by atoms with Crippen LogP contribution in [0, 0.1) is 13.8 Å². The molecule has 1 aliphatic rings. The third-order valence-corrected chi connectivity index (χ3v) is 7.25. The Balaban J connectivity index is 1.68. The molecule has 4 rings (SSSR count). The van der Waals surface area contributed by atoms with E-state index in [2.05, 4.69) is 22.5 Å². The van der Waals surface area contributed by atoms with Gasteiger partial charge >= 0.3 is 0 Å². The van der Waals surface area contributed by atoms with E-state index in [1.54, 1.807) is 11.3 Å². The third kappa shape index (κ3) is 4.08. The van der Waals surface area contributed by atoms with Gasteiger partial charge in [0.05, 0.1) is 29.3 Å². The van der Waals surface area contributed by atoms with Gasteiger partial charge < -0.3 is 15.0 Å². The van der Waals surface area contributed by atoms with Gasteiger partial charge in [-0.25, -0.2) is 0 Å². The standard InChI is InChI=1S/C22H26ClN3O2S/c1-14-17-12-16(23)4-5-20(17)29-21(14)19-13-18(22(24)27)15(2)26(19)7-3-6-25-8-10-28-11-9-25/h4-5,12-13H,3,6-11H2,1-2H3,(H2,24,27). The fourth-order valence-corrected chi connectivity index (χ4v) is 5.47. The number of morpholine rings is 1. The van der Waals surface area contributed by atoms with Crippen molar-refractivity contribution < 1.29 is 9.53 Å². The topological polar surface area (TPSA) is 60.5 Å². The number of amides is 1. The van der Waals surface area contributed by atoms with Crippen molar-refractivity contribution in [2.24, 2.45) is 5.73 Å². The van der Waals surface area contributed by atoms with Gasteiger partial charge in [-0.2, -0.15) is 0 Å². The van der Waals surface area contributed by atoms with E-state index in [0.717, 1.165) is 67.6 Å². The van der Waals surface area contributed by atoms with Crippen LogP contribution in [0.2, 0.25) is 5.02 Å². The van der Waals surface area contributed by atoms with E-state index >= 15 is 0 Å². The van der Waals surface area contributed by atoms with E-state index in [0.29, 0.717) is 5.56 Å². The molecule has 3 heterocycles. The molecule has 1 aliphatic heterocycles. The Bertz CT molecular complexity index is 1050. The second-order valence-electron chi connectivity index (χ2n) is 7.55. The molecule has 1 fully saturated rings. The number of halogens is 1. The minimum absolute atomic E-state index is 0.377. The molecule has 1 aromatic carbocycles. The predicted molar refractivity (Wildman–Crippen MR) is 120 cm³/mol. The number of aryl methyl sites for hydroxylation is 1. The van der Waals surface area contributed by atoms with E-state index in [1.807, 2.05) is 25.1 Å². The molecule has 1 amide bonds. The number of benzene rings is 1. The van der Waals surface area contributed by atoms with Gasteiger partial charge in [0, 0.05) is 41.6 Å². The van der Waals surface area contributed by atoms with Crippen molar-refractivity contribution in [2.45, 2.75) is 26.8 Å². The average molecular weight is 432 g/mol. The van der Waals surface area contributed by atoms with Crippen LogP contribution in [0.3, 0.4) is 0 Å². The quantitative estimate of drug-likeness (QED) is 0.626. The number of nitrogens with two attached hydrogens (primary N) is 1. The summed E-state index contributed by atoms with van der Waals surface area (Å²) in [5, 5.41) is 1.90. The van der Waals surface area contributed by atoms with Crippen molar-refractivity contribution in [2.75, 3.05) is 32.8 Å². The lowest BCUT2D eigenvalue weighted by Gasteiger charge is -2.26. The molecule has 0 spiro atoms. The van der Waals surface area contributed by atoms with E-state index in [-0.39, 0.29) is 5.91 Å². The van der Waals surface area contributed by atoms with Crippen LogP contribution in [0.1, 0.15) is 28.0 Å². The molecule has 29 heavy (non-hydrogen) atoms. The summed E-state index contributed by atoms with van der Waals surface area (Å²) < 4.78 is 8.88. The summed E-state index contributed by atoms with van der Waals surface area (Å²) >= 11 is 7.95. The van der Waals surface area contributed by atoms with Crippen LogP contribution >= 0.6 is 22.9 Å². The molecule has 5 nitrogen and oxygen atoms in total. The molecule has 154 valence electrons. The summed E-state index contributed by atoms with van der Waals surface area (Å²) in [5.41, 5.74) is 9.45. The molecule has 2 N–H and O–H groups in total. The zero-order valence-corrected chi connectivity index (χ0v) is 18.4. The third-order valence-electron chi connectivity index (χ3n) is 5.72. The van der Waals surface area contributed by atoms with Crippen LogP contribution in [0.15, 0.2) is 24.3 Å². The fraction of sp³-hybridized carbons (Fsp3) is 0.409. The second kappa shape index (κ2) is 8.48. The number of hydrogen-bond acceptors (Lipinski definition) is 4. The van der Waals surface area contributed by atoms with E-state index in [1.165, 1.54) is 15.1 Å². The average Bonchev–Trinajstić information content (AvgIpc) is 3.20. The maximum atomic E-state index is 12.0. The highest BCUT2D eigenvalue weighted by molar-refractivity contribution is 7.22. The first kappa shape index (κ1) is 20.4. The number of nitrogens with zero attached hydrogens (tertiary/aromatic N) is 2. The highest BCUT2D eigenvalue weighted by Crippen LogP contribution is 2.40. The summed E-state index contributed by atoms with van der Waals surface area (Å²) in [6, 6.07) is 7.95. The Morgan fingerprint density at radius 3 is 2.69 bits per heavy atom. The van der Waals surface area contributed by atoms with E-state index < -0.39 is 0 Å². The number of fused-ring (bicyclic) bond motifs is 1. The fourth-order valence-electron chi connectivity index (χ4n) is 4.09. The summed E-state index contributed by atoms with van der Waals surface area (Å²) in [6.07, 6.45) is 1.01. The van der Waals surface area contributed by atoms with Gasteiger partial charge in [-0.1, -0.05) is 11.6 Å². The molecular formula is C22H26ClN3O2S. The minimum Gasteiger partial charge on any atom is -0.379 e. The molecule has 7 heteroatoms. The lowest BCUT2D eigenvalue weighted by atomic mass is 10.1. The number of primary amides is 1. The number of rotatable bonds is 6. The molecule has 2 aromatic heterocycles. The van der Waals surface area contributed by atoms with Gasteiger partial charge in [0.2, 0.25) is 0 Å². The summed E-state index contributed by atoms with van der Waals surface area (Å²) in [7, 11) is 0. The predicted octanol–water partition coefficient (Wildman–Crippen LogP) is 4.46. The normalized spacial score (nSPS) is 15.3. The van der Waals surface area contributed by atoms with Crippen LogP contribution in [-0.4, -0.2) is 48.2 Å². The van der Waals surface area contributed by atoms with E-state index in [9.17, 15) is 4.79 Å². The zero-order valence-electron chi connectivity index (χ0n) is 16.8. The van der Waals surface area contributed by atoms with Gasteiger partial charge in [0.15, 0.2) is 0 Å². The Morgan fingerprint density at radius 1 is 1.21 bits per heavy atom. The molecule has 0 saturated carbocycles.